The molecule has 0 saturated heterocycles. The molecule has 0 atom stereocenters. The zero-order chi connectivity index (χ0) is 47.6. The molecule has 0 bridgehead atoms. The van der Waals surface area contributed by atoms with Crippen molar-refractivity contribution >= 4 is 17.3 Å². The fourth-order valence-electron chi connectivity index (χ4n) is 2.31. The molecule has 0 spiro atoms. The van der Waals surface area contributed by atoms with Crippen molar-refractivity contribution in [1.29, 1.82) is 0 Å². The second kappa shape index (κ2) is 19.1. The summed E-state index contributed by atoms with van der Waals surface area (Å²) >= 11 is 0. The van der Waals surface area contributed by atoms with Crippen LogP contribution < -0.4 is 0 Å². The second-order valence-electron chi connectivity index (χ2n) is 14.4. The van der Waals surface area contributed by atoms with Crippen LogP contribution in [-0.2, 0) is 14.4 Å². The number of ketones is 3. The van der Waals surface area contributed by atoms with Crippen molar-refractivity contribution in [2.24, 2.45) is 16.2 Å². The molecule has 0 amide bonds. The monoisotopic (exact) mass is 1030 g/mol. The number of carbonyl (C=O) groups excluding carboxylic acids is 3. The quantitative estimate of drug-likeness (QED) is 0.121. The largest absolute Gasteiger partial charge is 0.506 e. The first kappa shape index (κ1) is 62.2. The minimum Gasteiger partial charge on any atom is -0.506 e. The summed E-state index contributed by atoms with van der Waals surface area (Å²) in [6.07, 6.45) is -20.7. The molecule has 58 heavy (non-hydrogen) atoms. The average molecular weight is 1030 g/mol. The van der Waals surface area contributed by atoms with Crippen molar-refractivity contribution < 1.29 is 163 Å². The predicted molar refractivity (Wildman–Crippen MR) is 153 cm³/mol. The van der Waals surface area contributed by atoms with Gasteiger partial charge >= 0.3 is 54.1 Å². The van der Waals surface area contributed by atoms with Crippen LogP contribution in [0.3, 0.4) is 0 Å². The van der Waals surface area contributed by atoms with Gasteiger partial charge in [-0.15, -0.1) is 0 Å². The standard InChI is InChI=1S/3C10H11F7O2.Nd/c3*1-7(2,3)5(18)4-6(19)8(11,12)9(13,14)10(15,16)17;/h3*4,19H,1-3H3;. The van der Waals surface area contributed by atoms with Gasteiger partial charge in [0.05, 0.1) is 0 Å². The van der Waals surface area contributed by atoms with E-state index in [1.54, 1.807) is 0 Å². The Morgan fingerprint density at radius 1 is 0.328 bits per heavy atom. The molecule has 0 heterocycles. The van der Waals surface area contributed by atoms with Gasteiger partial charge in [-0.1, -0.05) is 62.3 Å². The SMILES string of the molecule is CC(C)(C)C(=O)C=C(O)C(F)(F)C(F)(F)C(F)(F)F.CC(C)(C)C(=O)C=C(O)C(F)(F)C(F)(F)C(F)(F)F.CC(C)(C)C(=O)C=C(O)C(F)(F)C(F)(F)C(F)(F)F.[Nd]. The zero-order valence-electron chi connectivity index (χ0n) is 30.7. The van der Waals surface area contributed by atoms with Gasteiger partial charge in [-0.25, -0.2) is 0 Å². The van der Waals surface area contributed by atoms with Gasteiger partial charge in [-0.2, -0.15) is 92.2 Å². The Balaban J connectivity index is -0.000000374. The molecule has 0 aromatic heterocycles. The normalized spacial score (nSPS) is 15.3. The molecule has 0 unspecified atom stereocenters. The fourth-order valence-corrected chi connectivity index (χ4v) is 2.31. The molecule has 6 nitrogen and oxygen atoms in total. The molecule has 0 aromatic carbocycles. The van der Waals surface area contributed by atoms with Gasteiger partial charge < -0.3 is 15.3 Å². The van der Waals surface area contributed by atoms with Crippen LogP contribution >= 0.6 is 0 Å². The fraction of sp³-hybridized carbons (Fsp3) is 0.700. The first-order valence-corrected chi connectivity index (χ1v) is 14.5. The Bertz CT molecular complexity index is 1350. The predicted octanol–water partition coefficient (Wildman–Crippen LogP) is 11.6. The summed E-state index contributed by atoms with van der Waals surface area (Å²) in [6.45, 7) is 10.9. The van der Waals surface area contributed by atoms with E-state index in [-0.39, 0.29) is 59.1 Å². The Morgan fingerprint density at radius 2 is 0.448 bits per heavy atom. The number of hydrogen-bond acceptors (Lipinski definition) is 6. The minimum absolute atomic E-state index is 0. The number of hydrogen-bond donors (Lipinski definition) is 3. The smallest absolute Gasteiger partial charge is 0.460 e. The van der Waals surface area contributed by atoms with Gasteiger partial charge in [0.1, 0.15) is 0 Å². The van der Waals surface area contributed by atoms with E-state index in [1.165, 1.54) is 62.3 Å². The van der Waals surface area contributed by atoms with Crippen molar-refractivity contribution in [2.45, 2.75) is 116 Å². The Hall–Kier alpha value is -2.49. The second-order valence-corrected chi connectivity index (χ2v) is 14.4. The maximum Gasteiger partial charge on any atom is 0.460 e. The number of rotatable bonds is 9. The van der Waals surface area contributed by atoms with E-state index in [2.05, 4.69) is 0 Å². The molecule has 0 aromatic rings. The van der Waals surface area contributed by atoms with Crippen molar-refractivity contribution in [1.82, 2.24) is 0 Å². The number of allylic oxidation sites excluding steroid dienone is 6. The summed E-state index contributed by atoms with van der Waals surface area (Å²) < 4.78 is 259. The molecule has 3 N–H and O–H groups in total. The molecule has 28 heteroatoms. The molecule has 0 aliphatic carbocycles. The summed E-state index contributed by atoms with van der Waals surface area (Å²) in [5, 5.41) is 26.2. The van der Waals surface area contributed by atoms with Crippen LogP contribution in [0.25, 0.3) is 0 Å². The number of halogens is 21. The van der Waals surface area contributed by atoms with Crippen LogP contribution in [0.4, 0.5) is 92.2 Å². The van der Waals surface area contributed by atoms with E-state index in [4.69, 9.17) is 15.3 Å². The third kappa shape index (κ3) is 14.9. The van der Waals surface area contributed by atoms with Crippen LogP contribution in [0.1, 0.15) is 62.3 Å². The van der Waals surface area contributed by atoms with Crippen LogP contribution in [0.5, 0.6) is 0 Å². The summed E-state index contributed by atoms with van der Waals surface area (Å²) in [6, 6.07) is 0. The minimum atomic E-state index is -6.57. The maximum absolute atomic E-state index is 12.9. The van der Waals surface area contributed by atoms with E-state index in [0.29, 0.717) is 0 Å². The molecule has 0 radical (unpaired) electrons. The number of carbonyl (C=O) groups is 3. The van der Waals surface area contributed by atoms with Crippen molar-refractivity contribution in [3.8, 4) is 0 Å². The summed E-state index contributed by atoms with van der Waals surface area (Å²) in [4.78, 5) is 33.6. The van der Waals surface area contributed by atoms with Crippen LogP contribution in [0.15, 0.2) is 35.5 Å². The van der Waals surface area contributed by atoms with Crippen molar-refractivity contribution in [3.05, 3.63) is 35.5 Å². The average Bonchev–Trinajstić information content (AvgIpc) is 2.93. The molecule has 0 saturated carbocycles. The van der Waals surface area contributed by atoms with Gasteiger partial charge in [0, 0.05) is 75.3 Å². The maximum atomic E-state index is 12.9. The van der Waals surface area contributed by atoms with Crippen LogP contribution in [0.2, 0.25) is 0 Å². The van der Waals surface area contributed by atoms with Gasteiger partial charge in [0.15, 0.2) is 34.6 Å². The van der Waals surface area contributed by atoms with E-state index in [1.807, 2.05) is 0 Å². The molecule has 340 valence electrons. The van der Waals surface area contributed by atoms with Gasteiger partial charge in [0.2, 0.25) is 0 Å². The van der Waals surface area contributed by atoms with Crippen LogP contribution in [-0.4, -0.2) is 86.7 Å². The van der Waals surface area contributed by atoms with E-state index in [0.717, 1.165) is 0 Å². The van der Waals surface area contributed by atoms with Crippen molar-refractivity contribution in [2.75, 3.05) is 0 Å². The van der Waals surface area contributed by atoms with Crippen molar-refractivity contribution in [3.63, 3.8) is 0 Å². The zero-order valence-corrected chi connectivity index (χ0v) is 33.9. The topological polar surface area (TPSA) is 112 Å². The van der Waals surface area contributed by atoms with Crippen LogP contribution in [0, 0.1) is 57.1 Å². The Labute approximate surface area is 347 Å². The molecular weight excluding hydrogens is 1000 g/mol. The third-order valence-corrected chi connectivity index (χ3v) is 6.24. The Morgan fingerprint density at radius 3 is 0.534 bits per heavy atom. The van der Waals surface area contributed by atoms with E-state index >= 15 is 0 Å². The summed E-state index contributed by atoms with van der Waals surface area (Å²) in [5.41, 5.74) is -3.97. The molecule has 0 aliphatic rings. The van der Waals surface area contributed by atoms with Gasteiger partial charge in [0.25, 0.3) is 0 Å². The number of aliphatic hydroxyl groups is 3. The number of aliphatic hydroxyl groups excluding tert-OH is 3. The van der Waals surface area contributed by atoms with E-state index in [9.17, 15) is 107 Å². The summed E-state index contributed by atoms with van der Waals surface area (Å²) in [5.74, 6) is -48.8. The first-order valence-electron chi connectivity index (χ1n) is 14.5. The van der Waals surface area contributed by atoms with Gasteiger partial charge in [-0.3, -0.25) is 14.4 Å². The summed E-state index contributed by atoms with van der Waals surface area (Å²) in [7, 11) is 0. The van der Waals surface area contributed by atoms with E-state index < -0.39 is 105 Å². The first-order chi connectivity index (χ1) is 24.1. The molecule has 0 rings (SSSR count). The Kier molecular flexibility index (Phi) is 20.4. The molecule has 0 fully saturated rings. The third-order valence-electron chi connectivity index (χ3n) is 6.24. The number of alkyl halides is 21. The van der Waals surface area contributed by atoms with Gasteiger partial charge in [-0.05, 0) is 0 Å². The molecule has 0 aliphatic heterocycles. The molecular formula is C30H33F21NdO6.